The number of thiocarbonyl (C=S) groups is 1. The maximum atomic E-state index is 12.8. The van der Waals surface area contributed by atoms with Crippen molar-refractivity contribution in [1.29, 1.82) is 0 Å². The molecular weight excluding hydrogens is 496 g/mol. The van der Waals surface area contributed by atoms with E-state index >= 15 is 0 Å². The van der Waals surface area contributed by atoms with Crippen molar-refractivity contribution in [2.75, 3.05) is 6.61 Å². The van der Waals surface area contributed by atoms with E-state index in [1.807, 2.05) is 25.1 Å². The number of thioether (sulfide) groups is 1. The third-order valence-corrected chi connectivity index (χ3v) is 5.97. The molecule has 0 bridgehead atoms. The highest BCUT2D eigenvalue weighted by Gasteiger charge is 2.34. The van der Waals surface area contributed by atoms with Gasteiger partial charge >= 0.3 is 0 Å². The molecule has 0 aromatic heterocycles. The topological polar surface area (TPSA) is 58.6 Å². The molecule has 2 aromatic carbocycles. The molecule has 0 radical (unpaired) electrons. The summed E-state index contributed by atoms with van der Waals surface area (Å²) >= 11 is 15.9. The van der Waals surface area contributed by atoms with Gasteiger partial charge in [0.1, 0.15) is 5.75 Å². The molecule has 29 heavy (non-hydrogen) atoms. The van der Waals surface area contributed by atoms with Crippen LogP contribution in [0.3, 0.4) is 0 Å². The number of halogens is 2. The van der Waals surface area contributed by atoms with Crippen LogP contribution in [0.4, 0.5) is 0 Å². The smallest absolute Gasteiger partial charge is 0.285 e. The van der Waals surface area contributed by atoms with Crippen LogP contribution < -0.4 is 10.2 Å². The van der Waals surface area contributed by atoms with Crippen molar-refractivity contribution < 1.29 is 14.3 Å². The van der Waals surface area contributed by atoms with E-state index < -0.39 is 11.8 Å². The van der Waals surface area contributed by atoms with Gasteiger partial charge in [0, 0.05) is 10.0 Å². The van der Waals surface area contributed by atoms with E-state index in [-0.39, 0.29) is 14.9 Å². The summed E-state index contributed by atoms with van der Waals surface area (Å²) in [6.07, 6.45) is 2.57. The first-order valence-corrected chi connectivity index (χ1v) is 11.1. The van der Waals surface area contributed by atoms with Crippen molar-refractivity contribution >= 4 is 73.7 Å². The second-order valence-electron chi connectivity index (χ2n) is 5.97. The van der Waals surface area contributed by atoms with Gasteiger partial charge in [-0.2, -0.15) is 5.01 Å². The van der Waals surface area contributed by atoms with Crippen molar-refractivity contribution in [1.82, 2.24) is 10.4 Å². The van der Waals surface area contributed by atoms with Crippen molar-refractivity contribution in [3.63, 3.8) is 0 Å². The zero-order valence-electron chi connectivity index (χ0n) is 15.3. The van der Waals surface area contributed by atoms with Crippen LogP contribution in [0.1, 0.15) is 29.3 Å². The van der Waals surface area contributed by atoms with Crippen LogP contribution in [0, 0.1) is 0 Å². The molecule has 1 fully saturated rings. The number of hydrazine groups is 1. The summed E-state index contributed by atoms with van der Waals surface area (Å²) in [4.78, 5) is 25.7. The monoisotopic (exact) mass is 510 g/mol. The average Bonchev–Trinajstić information content (AvgIpc) is 2.95. The summed E-state index contributed by atoms with van der Waals surface area (Å²) in [5.74, 6) is -0.259. The molecule has 1 aliphatic rings. The molecular formula is C20H16BrClN2O3S2. The Morgan fingerprint density at radius 2 is 2.10 bits per heavy atom. The molecule has 1 heterocycles. The molecule has 0 aliphatic carbocycles. The van der Waals surface area contributed by atoms with E-state index in [9.17, 15) is 9.59 Å². The van der Waals surface area contributed by atoms with E-state index in [0.717, 1.165) is 33.2 Å². The van der Waals surface area contributed by atoms with E-state index in [1.54, 1.807) is 30.3 Å². The first-order chi connectivity index (χ1) is 13.9. The molecule has 3 rings (SSSR count). The van der Waals surface area contributed by atoms with Gasteiger partial charge in [0.2, 0.25) is 0 Å². The number of amides is 2. The standard InChI is InChI=1S/C20H16BrClN2O3S2/c1-2-9-27-16-8-7-13(21)10-12(16)11-17-19(26)24(20(28)29-17)23-18(25)14-5-3-4-6-15(14)22/h3-8,10-11H,2,9H2,1H3,(H,23,25)/b17-11+. The SMILES string of the molecule is CCCOc1ccc(Br)cc1/C=C1/SC(=S)N(NC(=O)c2ccccc2Cl)C1=O. The van der Waals surface area contributed by atoms with Crippen LogP contribution in [0.25, 0.3) is 6.08 Å². The minimum Gasteiger partial charge on any atom is -0.493 e. The Labute approximate surface area is 191 Å². The number of nitrogens with one attached hydrogen (secondary N) is 1. The van der Waals surface area contributed by atoms with Gasteiger partial charge in [-0.3, -0.25) is 15.0 Å². The molecule has 0 spiro atoms. The number of benzene rings is 2. The lowest BCUT2D eigenvalue weighted by atomic mass is 10.2. The number of carbonyl (C=O) groups excluding carboxylic acids is 2. The van der Waals surface area contributed by atoms with Gasteiger partial charge in [-0.15, -0.1) is 0 Å². The summed E-state index contributed by atoms with van der Waals surface area (Å²) in [6.45, 7) is 2.59. The summed E-state index contributed by atoms with van der Waals surface area (Å²) in [5.41, 5.74) is 3.53. The summed E-state index contributed by atoms with van der Waals surface area (Å²) in [5, 5.41) is 1.35. The number of nitrogens with zero attached hydrogens (tertiary/aromatic N) is 1. The Hall–Kier alpha value is -1.87. The van der Waals surface area contributed by atoms with Crippen LogP contribution in [0.2, 0.25) is 5.02 Å². The van der Waals surface area contributed by atoms with Crippen molar-refractivity contribution in [3.05, 3.63) is 68.0 Å². The molecule has 0 atom stereocenters. The van der Waals surface area contributed by atoms with Crippen LogP contribution in [0.15, 0.2) is 51.8 Å². The average molecular weight is 512 g/mol. The van der Waals surface area contributed by atoms with Crippen LogP contribution in [-0.4, -0.2) is 27.8 Å². The van der Waals surface area contributed by atoms with Crippen molar-refractivity contribution in [3.8, 4) is 5.75 Å². The molecule has 0 unspecified atom stereocenters. The van der Waals surface area contributed by atoms with E-state index in [4.69, 9.17) is 28.6 Å². The van der Waals surface area contributed by atoms with Crippen molar-refractivity contribution in [2.45, 2.75) is 13.3 Å². The van der Waals surface area contributed by atoms with Gasteiger partial charge in [0.25, 0.3) is 11.8 Å². The molecule has 9 heteroatoms. The number of hydrogen-bond acceptors (Lipinski definition) is 5. The lowest BCUT2D eigenvalue weighted by Gasteiger charge is -2.16. The third-order valence-electron chi connectivity index (χ3n) is 3.85. The molecule has 1 N–H and O–H groups in total. The van der Waals surface area contributed by atoms with Gasteiger partial charge in [-0.1, -0.05) is 58.3 Å². The van der Waals surface area contributed by atoms with Crippen LogP contribution >= 0.6 is 51.5 Å². The lowest BCUT2D eigenvalue weighted by Crippen LogP contribution is -2.44. The third kappa shape index (κ3) is 5.19. The van der Waals surface area contributed by atoms with Crippen LogP contribution in [0.5, 0.6) is 5.75 Å². The van der Waals surface area contributed by atoms with E-state index in [0.29, 0.717) is 17.3 Å². The normalized spacial score (nSPS) is 15.1. The molecule has 2 amide bonds. The summed E-state index contributed by atoms with van der Waals surface area (Å²) in [6, 6.07) is 12.2. The predicted molar refractivity (Wildman–Crippen MR) is 124 cm³/mol. The first kappa shape index (κ1) is 21.8. The first-order valence-electron chi connectivity index (χ1n) is 8.66. The Morgan fingerprint density at radius 1 is 1.34 bits per heavy atom. The van der Waals surface area contributed by atoms with Gasteiger partial charge in [-0.05, 0) is 55.0 Å². The molecule has 1 aliphatic heterocycles. The highest BCUT2D eigenvalue weighted by Crippen LogP contribution is 2.34. The summed E-state index contributed by atoms with van der Waals surface area (Å²) < 4.78 is 6.85. The summed E-state index contributed by atoms with van der Waals surface area (Å²) in [7, 11) is 0. The zero-order valence-corrected chi connectivity index (χ0v) is 19.3. The zero-order chi connectivity index (χ0) is 21.0. The Balaban J connectivity index is 1.83. The fraction of sp³-hybridized carbons (Fsp3) is 0.150. The fourth-order valence-corrected chi connectivity index (χ4v) is 4.26. The Kier molecular flexibility index (Phi) is 7.34. The predicted octanol–water partition coefficient (Wildman–Crippen LogP) is 5.44. The second kappa shape index (κ2) is 9.75. The molecule has 150 valence electrons. The largest absolute Gasteiger partial charge is 0.493 e. The number of ether oxygens (including phenoxy) is 1. The molecule has 1 saturated heterocycles. The number of rotatable bonds is 6. The molecule has 5 nitrogen and oxygen atoms in total. The Morgan fingerprint density at radius 3 is 2.83 bits per heavy atom. The number of hydrogen-bond donors (Lipinski definition) is 1. The lowest BCUT2D eigenvalue weighted by molar-refractivity contribution is -0.123. The molecule has 0 saturated carbocycles. The highest BCUT2D eigenvalue weighted by molar-refractivity contribution is 9.10. The maximum Gasteiger partial charge on any atom is 0.285 e. The fourth-order valence-electron chi connectivity index (χ4n) is 2.49. The minimum atomic E-state index is -0.512. The number of carbonyl (C=O) groups is 2. The minimum absolute atomic E-state index is 0.229. The highest BCUT2D eigenvalue weighted by atomic mass is 79.9. The van der Waals surface area contributed by atoms with Gasteiger partial charge in [0.05, 0.1) is 22.1 Å². The quantitative estimate of drug-likeness (QED) is 0.413. The maximum absolute atomic E-state index is 12.8. The van der Waals surface area contributed by atoms with Gasteiger partial charge in [0.15, 0.2) is 4.32 Å². The Bertz CT molecular complexity index is 1010. The van der Waals surface area contributed by atoms with E-state index in [1.165, 1.54) is 0 Å². The van der Waals surface area contributed by atoms with Crippen LogP contribution in [-0.2, 0) is 4.79 Å². The van der Waals surface area contributed by atoms with E-state index in [2.05, 4.69) is 21.4 Å². The van der Waals surface area contributed by atoms with Gasteiger partial charge < -0.3 is 4.74 Å². The second-order valence-corrected chi connectivity index (χ2v) is 8.97. The molecule has 2 aromatic rings. The van der Waals surface area contributed by atoms with Gasteiger partial charge in [-0.25, -0.2) is 0 Å². The van der Waals surface area contributed by atoms with Crippen molar-refractivity contribution in [2.24, 2.45) is 0 Å².